The number of carbonyl (C=O) groups excluding carboxylic acids is 1. The SMILES string of the molecule is Cc1ccc2[nH]cc(CCNC(=O)c3cc(Cl)ccc3Cl)c2c1. The number of benzene rings is 2. The minimum absolute atomic E-state index is 0.214. The van der Waals surface area contributed by atoms with Gasteiger partial charge in [-0.25, -0.2) is 0 Å². The topological polar surface area (TPSA) is 44.9 Å². The summed E-state index contributed by atoms with van der Waals surface area (Å²) < 4.78 is 0. The molecule has 0 aliphatic carbocycles. The fraction of sp³-hybridized carbons (Fsp3) is 0.167. The van der Waals surface area contributed by atoms with E-state index in [2.05, 4.69) is 35.4 Å². The van der Waals surface area contributed by atoms with Crippen LogP contribution in [0.25, 0.3) is 10.9 Å². The number of hydrogen-bond acceptors (Lipinski definition) is 1. The third-order valence-electron chi connectivity index (χ3n) is 3.78. The first-order valence-corrected chi connectivity index (χ1v) is 8.10. The molecule has 23 heavy (non-hydrogen) atoms. The second kappa shape index (κ2) is 6.65. The highest BCUT2D eigenvalue weighted by Gasteiger charge is 2.11. The van der Waals surface area contributed by atoms with E-state index >= 15 is 0 Å². The molecular formula is C18H16Cl2N2O. The molecule has 0 saturated heterocycles. The first kappa shape index (κ1) is 15.9. The summed E-state index contributed by atoms with van der Waals surface area (Å²) >= 11 is 12.0. The fourth-order valence-corrected chi connectivity index (χ4v) is 2.95. The molecule has 1 amide bonds. The second-order valence-electron chi connectivity index (χ2n) is 5.49. The van der Waals surface area contributed by atoms with E-state index in [1.807, 2.05) is 6.20 Å². The van der Waals surface area contributed by atoms with Crippen LogP contribution in [0.15, 0.2) is 42.6 Å². The Kier molecular flexibility index (Phi) is 4.60. The number of nitrogens with one attached hydrogen (secondary N) is 2. The molecule has 0 aliphatic heterocycles. The molecule has 2 N–H and O–H groups in total. The van der Waals surface area contributed by atoms with Gasteiger partial charge in [0.1, 0.15) is 0 Å². The van der Waals surface area contributed by atoms with Gasteiger partial charge in [-0.15, -0.1) is 0 Å². The van der Waals surface area contributed by atoms with E-state index in [9.17, 15) is 4.79 Å². The van der Waals surface area contributed by atoms with E-state index in [0.717, 1.165) is 11.9 Å². The smallest absolute Gasteiger partial charge is 0.252 e. The van der Waals surface area contributed by atoms with Crippen LogP contribution < -0.4 is 5.32 Å². The average molecular weight is 347 g/mol. The lowest BCUT2D eigenvalue weighted by molar-refractivity contribution is 0.0954. The van der Waals surface area contributed by atoms with Crippen molar-refractivity contribution in [3.05, 3.63) is 69.3 Å². The number of aromatic amines is 1. The van der Waals surface area contributed by atoms with E-state index < -0.39 is 0 Å². The van der Waals surface area contributed by atoms with Crippen LogP contribution in [0.2, 0.25) is 10.0 Å². The standard InChI is InChI=1S/C18H16Cl2N2O/c1-11-2-5-17-14(8-11)12(10-22-17)6-7-21-18(23)15-9-13(19)3-4-16(15)20/h2-5,8-10,22H,6-7H2,1H3,(H,21,23). The van der Waals surface area contributed by atoms with Gasteiger partial charge in [-0.3, -0.25) is 4.79 Å². The summed E-state index contributed by atoms with van der Waals surface area (Å²) in [5, 5.41) is 4.97. The van der Waals surface area contributed by atoms with Gasteiger partial charge in [0.25, 0.3) is 5.91 Å². The Bertz CT molecular complexity index is 871. The monoisotopic (exact) mass is 346 g/mol. The largest absolute Gasteiger partial charge is 0.361 e. The zero-order valence-corrected chi connectivity index (χ0v) is 14.1. The summed E-state index contributed by atoms with van der Waals surface area (Å²) in [6.07, 6.45) is 2.73. The molecule has 0 atom stereocenters. The van der Waals surface area contributed by atoms with Crippen molar-refractivity contribution in [3.8, 4) is 0 Å². The van der Waals surface area contributed by atoms with Crippen LogP contribution in [-0.4, -0.2) is 17.4 Å². The van der Waals surface area contributed by atoms with Gasteiger partial charge in [0.05, 0.1) is 10.6 Å². The van der Waals surface area contributed by atoms with E-state index in [0.29, 0.717) is 22.2 Å². The lowest BCUT2D eigenvalue weighted by atomic mass is 10.1. The first-order chi connectivity index (χ1) is 11.0. The van der Waals surface area contributed by atoms with E-state index in [1.165, 1.54) is 16.5 Å². The average Bonchev–Trinajstić information content (AvgIpc) is 2.92. The number of H-pyrrole nitrogens is 1. The molecule has 5 heteroatoms. The second-order valence-corrected chi connectivity index (χ2v) is 6.34. The van der Waals surface area contributed by atoms with Crippen LogP contribution in [0, 0.1) is 6.92 Å². The first-order valence-electron chi connectivity index (χ1n) is 7.34. The molecule has 1 aromatic heterocycles. The zero-order valence-electron chi connectivity index (χ0n) is 12.6. The van der Waals surface area contributed by atoms with Gasteiger partial charge >= 0.3 is 0 Å². The summed E-state index contributed by atoms with van der Waals surface area (Å²) in [5.41, 5.74) is 3.90. The van der Waals surface area contributed by atoms with Gasteiger partial charge in [0.2, 0.25) is 0 Å². The molecule has 3 nitrogen and oxygen atoms in total. The number of aryl methyl sites for hydroxylation is 1. The number of amides is 1. The minimum Gasteiger partial charge on any atom is -0.361 e. The molecule has 118 valence electrons. The summed E-state index contributed by atoms with van der Waals surface area (Å²) in [5.74, 6) is -0.214. The highest BCUT2D eigenvalue weighted by molar-refractivity contribution is 6.35. The highest BCUT2D eigenvalue weighted by atomic mass is 35.5. The molecule has 2 aromatic carbocycles. The Balaban J connectivity index is 1.67. The van der Waals surface area contributed by atoms with Crippen LogP contribution in [0.3, 0.4) is 0 Å². The quantitative estimate of drug-likeness (QED) is 0.702. The number of hydrogen-bond donors (Lipinski definition) is 2. The maximum absolute atomic E-state index is 12.2. The van der Waals surface area contributed by atoms with Crippen LogP contribution in [0.4, 0.5) is 0 Å². The van der Waals surface area contributed by atoms with Gasteiger partial charge < -0.3 is 10.3 Å². The number of aromatic nitrogens is 1. The molecule has 0 unspecified atom stereocenters. The van der Waals surface area contributed by atoms with Crippen LogP contribution in [0.1, 0.15) is 21.5 Å². The maximum atomic E-state index is 12.2. The van der Waals surface area contributed by atoms with Crippen molar-refractivity contribution in [1.29, 1.82) is 0 Å². The Labute approximate surface area is 144 Å². The van der Waals surface area contributed by atoms with E-state index in [-0.39, 0.29) is 5.91 Å². The predicted octanol–water partition coefficient (Wildman–Crippen LogP) is 4.76. The summed E-state index contributed by atoms with van der Waals surface area (Å²) in [7, 11) is 0. The lowest BCUT2D eigenvalue weighted by Crippen LogP contribution is -2.25. The Morgan fingerprint density at radius 3 is 2.83 bits per heavy atom. The van der Waals surface area contributed by atoms with Gasteiger partial charge in [-0.1, -0.05) is 34.8 Å². The molecule has 1 heterocycles. The number of rotatable bonds is 4. The van der Waals surface area contributed by atoms with Crippen molar-refractivity contribution >= 4 is 40.0 Å². The van der Waals surface area contributed by atoms with Gasteiger partial charge in [0, 0.05) is 28.7 Å². The molecule has 3 aromatic rings. The van der Waals surface area contributed by atoms with Crippen LogP contribution in [0.5, 0.6) is 0 Å². The van der Waals surface area contributed by atoms with Crippen molar-refractivity contribution in [3.63, 3.8) is 0 Å². The minimum atomic E-state index is -0.214. The number of halogens is 2. The summed E-state index contributed by atoms with van der Waals surface area (Å²) in [4.78, 5) is 15.5. The highest BCUT2D eigenvalue weighted by Crippen LogP contribution is 2.21. The third-order valence-corrected chi connectivity index (χ3v) is 4.34. The normalized spacial score (nSPS) is 10.9. The fourth-order valence-electron chi connectivity index (χ4n) is 2.58. The number of carbonyl (C=O) groups is 1. The summed E-state index contributed by atoms with van der Waals surface area (Å²) in [6, 6.07) is 11.2. The van der Waals surface area contributed by atoms with Crippen molar-refractivity contribution in [2.75, 3.05) is 6.54 Å². The Hall–Kier alpha value is -1.97. The molecular weight excluding hydrogens is 331 g/mol. The van der Waals surface area contributed by atoms with E-state index in [1.54, 1.807) is 18.2 Å². The van der Waals surface area contributed by atoms with Gasteiger partial charge in [-0.05, 0) is 49.2 Å². The maximum Gasteiger partial charge on any atom is 0.252 e. The van der Waals surface area contributed by atoms with Gasteiger partial charge in [-0.2, -0.15) is 0 Å². The van der Waals surface area contributed by atoms with Gasteiger partial charge in [0.15, 0.2) is 0 Å². The third kappa shape index (κ3) is 3.52. The predicted molar refractivity (Wildman–Crippen MR) is 95.5 cm³/mol. The molecule has 0 saturated carbocycles. The Morgan fingerprint density at radius 2 is 2.00 bits per heavy atom. The van der Waals surface area contributed by atoms with Crippen molar-refractivity contribution in [1.82, 2.24) is 10.3 Å². The van der Waals surface area contributed by atoms with Crippen LogP contribution >= 0.6 is 23.2 Å². The van der Waals surface area contributed by atoms with Crippen molar-refractivity contribution in [2.24, 2.45) is 0 Å². The molecule has 0 aliphatic rings. The molecule has 3 rings (SSSR count). The molecule has 0 spiro atoms. The number of fused-ring (bicyclic) bond motifs is 1. The molecule has 0 fully saturated rings. The lowest BCUT2D eigenvalue weighted by Gasteiger charge is -2.07. The zero-order chi connectivity index (χ0) is 16.4. The van der Waals surface area contributed by atoms with Crippen molar-refractivity contribution < 1.29 is 4.79 Å². The Morgan fingerprint density at radius 1 is 1.17 bits per heavy atom. The van der Waals surface area contributed by atoms with Crippen molar-refractivity contribution in [2.45, 2.75) is 13.3 Å². The van der Waals surface area contributed by atoms with Crippen LogP contribution in [-0.2, 0) is 6.42 Å². The van der Waals surface area contributed by atoms with E-state index in [4.69, 9.17) is 23.2 Å². The molecule has 0 bridgehead atoms. The summed E-state index contributed by atoms with van der Waals surface area (Å²) in [6.45, 7) is 2.60. The molecule has 0 radical (unpaired) electrons.